The molecule has 0 aromatic heterocycles. The van der Waals surface area contributed by atoms with Crippen LogP contribution in [0.4, 0.5) is 0 Å². The van der Waals surface area contributed by atoms with Gasteiger partial charge in [-0.2, -0.15) is 0 Å². The molecule has 1 fully saturated rings. The maximum atomic E-state index is 11.6. The van der Waals surface area contributed by atoms with E-state index in [2.05, 4.69) is 13.8 Å². The summed E-state index contributed by atoms with van der Waals surface area (Å²) < 4.78 is 17.2. The van der Waals surface area contributed by atoms with E-state index in [4.69, 9.17) is 14.2 Å². The van der Waals surface area contributed by atoms with Gasteiger partial charge in [-0.25, -0.2) is 0 Å². The second kappa shape index (κ2) is 9.42. The van der Waals surface area contributed by atoms with Gasteiger partial charge in [-0.1, -0.05) is 50.7 Å². The molecule has 0 amide bonds. The molecule has 0 aliphatic carbocycles. The highest BCUT2D eigenvalue weighted by atomic mass is 32.2. The van der Waals surface area contributed by atoms with Crippen LogP contribution in [-0.2, 0) is 23.8 Å². The minimum absolute atomic E-state index is 0.0495. The summed E-state index contributed by atoms with van der Waals surface area (Å²) in [6.07, 6.45) is -0.415. The zero-order valence-electron chi connectivity index (χ0n) is 16.0. The predicted octanol–water partition coefficient (Wildman–Crippen LogP) is 3.91. The van der Waals surface area contributed by atoms with Crippen LogP contribution in [0.2, 0.25) is 0 Å². The molecule has 0 N–H and O–H groups in total. The summed E-state index contributed by atoms with van der Waals surface area (Å²) >= 11 is 1.56. The van der Waals surface area contributed by atoms with Crippen LogP contribution in [0.5, 0.6) is 0 Å². The van der Waals surface area contributed by atoms with E-state index >= 15 is 0 Å². The molecule has 0 radical (unpaired) electrons. The fraction of sp³-hybridized carbons (Fsp3) is 0.600. The summed E-state index contributed by atoms with van der Waals surface area (Å²) in [5, 5.41) is 0. The first kappa shape index (κ1) is 20.8. The molecule has 1 aromatic rings. The molecule has 2 rings (SSSR count). The summed E-state index contributed by atoms with van der Waals surface area (Å²) in [4.78, 5) is 23.8. The van der Waals surface area contributed by atoms with Crippen molar-refractivity contribution in [1.82, 2.24) is 0 Å². The average molecular weight is 381 g/mol. The number of benzene rings is 1. The van der Waals surface area contributed by atoms with Crippen molar-refractivity contribution in [3.8, 4) is 0 Å². The van der Waals surface area contributed by atoms with Crippen LogP contribution >= 0.6 is 11.8 Å². The molecule has 6 heteroatoms. The standard InChI is InChI=1S/C20H28O5S/c1-12(11-23-15(4)21)18-13(2)14(3)19(24-16(5)22)20(25-18)26-17-9-7-6-8-10-17/h6-10,12-14,18-20H,11H2,1-5H3/t12-,13+,14+,18?,19?,20?/m1/s1. The van der Waals surface area contributed by atoms with E-state index in [9.17, 15) is 9.59 Å². The van der Waals surface area contributed by atoms with Crippen LogP contribution < -0.4 is 0 Å². The van der Waals surface area contributed by atoms with E-state index < -0.39 is 0 Å². The third kappa shape index (κ3) is 5.48. The third-order valence-corrected chi connectivity index (χ3v) is 5.99. The number of hydrogen-bond acceptors (Lipinski definition) is 6. The lowest BCUT2D eigenvalue weighted by atomic mass is 9.79. The van der Waals surface area contributed by atoms with E-state index in [1.807, 2.05) is 37.3 Å². The number of ether oxygens (including phenoxy) is 3. The summed E-state index contributed by atoms with van der Waals surface area (Å²) in [6, 6.07) is 9.93. The molecular formula is C20H28O5S. The molecule has 1 heterocycles. The summed E-state index contributed by atoms with van der Waals surface area (Å²) in [6.45, 7) is 9.36. The molecule has 1 aliphatic heterocycles. The maximum Gasteiger partial charge on any atom is 0.303 e. The van der Waals surface area contributed by atoms with Crippen LogP contribution in [0.15, 0.2) is 35.2 Å². The highest BCUT2D eigenvalue weighted by Gasteiger charge is 2.45. The van der Waals surface area contributed by atoms with Crippen molar-refractivity contribution in [3.05, 3.63) is 30.3 Å². The first-order valence-electron chi connectivity index (χ1n) is 8.97. The zero-order valence-corrected chi connectivity index (χ0v) is 16.8. The van der Waals surface area contributed by atoms with Gasteiger partial charge in [0.25, 0.3) is 0 Å². The number of carbonyl (C=O) groups excluding carboxylic acids is 2. The maximum absolute atomic E-state index is 11.6. The topological polar surface area (TPSA) is 61.8 Å². The van der Waals surface area contributed by atoms with E-state index in [1.54, 1.807) is 11.8 Å². The second-order valence-corrected chi connectivity index (χ2v) is 8.14. The Morgan fingerprint density at radius 3 is 2.35 bits per heavy atom. The van der Waals surface area contributed by atoms with Gasteiger partial charge in [0, 0.05) is 30.6 Å². The molecular weight excluding hydrogens is 352 g/mol. The number of thioether (sulfide) groups is 1. The largest absolute Gasteiger partial charge is 0.465 e. The van der Waals surface area contributed by atoms with Crippen molar-refractivity contribution >= 4 is 23.7 Å². The van der Waals surface area contributed by atoms with E-state index in [-0.39, 0.29) is 47.3 Å². The quantitative estimate of drug-likeness (QED) is 0.698. The van der Waals surface area contributed by atoms with E-state index in [0.717, 1.165) is 4.90 Å². The van der Waals surface area contributed by atoms with Crippen molar-refractivity contribution in [3.63, 3.8) is 0 Å². The Kier molecular flexibility index (Phi) is 7.53. The first-order valence-corrected chi connectivity index (χ1v) is 9.85. The molecule has 0 saturated carbocycles. The molecule has 0 spiro atoms. The van der Waals surface area contributed by atoms with E-state index in [1.165, 1.54) is 13.8 Å². The monoisotopic (exact) mass is 380 g/mol. The van der Waals surface area contributed by atoms with Gasteiger partial charge in [0.2, 0.25) is 0 Å². The van der Waals surface area contributed by atoms with Gasteiger partial charge >= 0.3 is 11.9 Å². The lowest BCUT2D eigenvalue weighted by molar-refractivity contribution is -0.186. The van der Waals surface area contributed by atoms with Crippen molar-refractivity contribution in [2.75, 3.05) is 6.61 Å². The van der Waals surface area contributed by atoms with Crippen LogP contribution in [-0.4, -0.2) is 36.2 Å². The molecule has 3 unspecified atom stereocenters. The van der Waals surface area contributed by atoms with Crippen LogP contribution in [0.1, 0.15) is 34.6 Å². The molecule has 0 bridgehead atoms. The summed E-state index contributed by atoms with van der Waals surface area (Å²) in [5.74, 6) is -0.256. The SMILES string of the molecule is CC(=O)OC[C@@H](C)C1OC(Sc2ccccc2)C(OC(C)=O)[C@@H](C)[C@@H]1C. The number of hydrogen-bond donors (Lipinski definition) is 0. The Morgan fingerprint density at radius 2 is 1.77 bits per heavy atom. The van der Waals surface area contributed by atoms with Gasteiger partial charge < -0.3 is 14.2 Å². The van der Waals surface area contributed by atoms with Gasteiger partial charge in [-0.05, 0) is 18.1 Å². The lowest BCUT2D eigenvalue weighted by Gasteiger charge is -2.45. The Bertz CT molecular complexity index is 605. The van der Waals surface area contributed by atoms with Crippen LogP contribution in [0, 0.1) is 17.8 Å². The highest BCUT2D eigenvalue weighted by Crippen LogP contribution is 2.41. The molecule has 1 aromatic carbocycles. The Hall–Kier alpha value is -1.53. The van der Waals surface area contributed by atoms with Crippen molar-refractivity contribution in [1.29, 1.82) is 0 Å². The molecule has 26 heavy (non-hydrogen) atoms. The smallest absolute Gasteiger partial charge is 0.303 e. The van der Waals surface area contributed by atoms with Gasteiger partial charge in [0.15, 0.2) is 0 Å². The fourth-order valence-electron chi connectivity index (χ4n) is 3.28. The predicted molar refractivity (Wildman–Crippen MR) is 101 cm³/mol. The first-order chi connectivity index (χ1) is 12.3. The number of carbonyl (C=O) groups is 2. The third-order valence-electron chi connectivity index (χ3n) is 4.83. The Labute approximate surface area is 159 Å². The zero-order chi connectivity index (χ0) is 19.3. The number of rotatable bonds is 6. The second-order valence-electron chi connectivity index (χ2n) is 6.97. The van der Waals surface area contributed by atoms with E-state index in [0.29, 0.717) is 6.61 Å². The van der Waals surface area contributed by atoms with Crippen molar-refractivity contribution in [2.45, 2.75) is 57.2 Å². The van der Waals surface area contributed by atoms with Gasteiger partial charge in [0.1, 0.15) is 11.5 Å². The molecule has 1 saturated heterocycles. The average Bonchev–Trinajstić information content (AvgIpc) is 2.59. The summed E-state index contributed by atoms with van der Waals surface area (Å²) in [5.41, 5.74) is -0.308. The number of esters is 2. The lowest BCUT2D eigenvalue weighted by Crippen LogP contribution is -2.52. The Morgan fingerprint density at radius 1 is 1.12 bits per heavy atom. The van der Waals surface area contributed by atoms with Gasteiger partial charge in [0.05, 0.1) is 12.7 Å². The summed E-state index contributed by atoms with van der Waals surface area (Å²) in [7, 11) is 0. The molecule has 144 valence electrons. The van der Waals surface area contributed by atoms with Gasteiger partial charge in [-0.15, -0.1) is 0 Å². The minimum Gasteiger partial charge on any atom is -0.465 e. The van der Waals surface area contributed by atoms with Crippen LogP contribution in [0.25, 0.3) is 0 Å². The normalized spacial score (nSPS) is 29.7. The fourth-order valence-corrected chi connectivity index (χ4v) is 4.48. The van der Waals surface area contributed by atoms with Gasteiger partial charge in [-0.3, -0.25) is 9.59 Å². The van der Waals surface area contributed by atoms with Crippen molar-refractivity contribution in [2.24, 2.45) is 17.8 Å². The Balaban J connectivity index is 2.18. The minimum atomic E-state index is -0.329. The highest BCUT2D eigenvalue weighted by molar-refractivity contribution is 7.99. The molecule has 5 nitrogen and oxygen atoms in total. The molecule has 6 atom stereocenters. The van der Waals surface area contributed by atoms with Crippen LogP contribution in [0.3, 0.4) is 0 Å². The van der Waals surface area contributed by atoms with Crippen molar-refractivity contribution < 1.29 is 23.8 Å². The molecule has 1 aliphatic rings.